The second kappa shape index (κ2) is 11.6. The number of hydrogen-bond acceptors (Lipinski definition) is 6. The highest BCUT2D eigenvalue weighted by atomic mass is 35.5. The fourth-order valence-corrected chi connectivity index (χ4v) is 6.37. The molecule has 0 amide bonds. The Kier molecular flexibility index (Phi) is 7.01. The standard InChI is InChI=1S/C39H24ClN5O2/c40-32-19-11-18-30-28-16-7-8-17-29(28)31-24-27(22-23-33(31)44(36(30)32)34-20-9-10-21-35(34)45(46)47)39-42-37(25-12-3-1-4-13-25)41-38(43-39)26-14-5-2-6-15-26/h1-24H. The van der Waals surface area contributed by atoms with Gasteiger partial charge in [0.05, 0.1) is 21.3 Å². The van der Waals surface area contributed by atoms with Gasteiger partial charge in [-0.1, -0.05) is 121 Å². The Labute approximate surface area is 275 Å². The van der Waals surface area contributed by atoms with Crippen LogP contribution in [0.2, 0.25) is 5.02 Å². The molecule has 7 nitrogen and oxygen atoms in total. The molecule has 0 spiro atoms. The van der Waals surface area contributed by atoms with E-state index >= 15 is 0 Å². The third-order valence-corrected chi connectivity index (χ3v) is 8.54. The lowest BCUT2D eigenvalue weighted by molar-refractivity contribution is -0.384. The summed E-state index contributed by atoms with van der Waals surface area (Å²) in [5, 5.41) is 12.8. The Balaban J connectivity index is 1.41. The molecular formula is C39H24ClN5O2. The summed E-state index contributed by atoms with van der Waals surface area (Å²) in [5.74, 6) is 1.63. The van der Waals surface area contributed by atoms with Gasteiger partial charge in [-0.3, -0.25) is 10.1 Å². The lowest BCUT2D eigenvalue weighted by Gasteiger charge is -2.28. The summed E-state index contributed by atoms with van der Waals surface area (Å²) in [6, 6.07) is 46.2. The summed E-state index contributed by atoms with van der Waals surface area (Å²) in [6.45, 7) is 0. The molecule has 224 valence electrons. The topological polar surface area (TPSA) is 85.0 Å². The second-order valence-corrected chi connectivity index (χ2v) is 11.4. The summed E-state index contributed by atoms with van der Waals surface area (Å²) in [5.41, 5.74) is 7.93. The molecule has 8 rings (SSSR count). The van der Waals surface area contributed by atoms with E-state index in [9.17, 15) is 10.1 Å². The van der Waals surface area contributed by atoms with Crippen LogP contribution in [0.3, 0.4) is 0 Å². The van der Waals surface area contributed by atoms with E-state index in [0.29, 0.717) is 33.9 Å². The minimum atomic E-state index is -0.362. The number of nitrogens with zero attached hydrogens (tertiary/aromatic N) is 5. The van der Waals surface area contributed by atoms with Crippen LogP contribution in [0.1, 0.15) is 0 Å². The Morgan fingerprint density at radius 1 is 0.511 bits per heavy atom. The van der Waals surface area contributed by atoms with E-state index in [2.05, 4.69) is 12.1 Å². The maximum absolute atomic E-state index is 12.3. The molecule has 7 aromatic rings. The molecule has 0 atom stereocenters. The van der Waals surface area contributed by atoms with Crippen molar-refractivity contribution in [2.45, 2.75) is 0 Å². The molecule has 1 aromatic heterocycles. The summed E-state index contributed by atoms with van der Waals surface area (Å²) in [4.78, 5) is 28.6. The summed E-state index contributed by atoms with van der Waals surface area (Å²) in [7, 11) is 0. The third-order valence-electron chi connectivity index (χ3n) is 8.23. The lowest BCUT2D eigenvalue weighted by atomic mass is 9.93. The molecule has 0 saturated heterocycles. The molecule has 0 bridgehead atoms. The van der Waals surface area contributed by atoms with Crippen molar-refractivity contribution >= 4 is 34.4 Å². The van der Waals surface area contributed by atoms with Gasteiger partial charge >= 0.3 is 0 Å². The van der Waals surface area contributed by atoms with Gasteiger partial charge in [-0.05, 0) is 41.5 Å². The van der Waals surface area contributed by atoms with Gasteiger partial charge in [0.15, 0.2) is 17.5 Å². The maximum Gasteiger partial charge on any atom is 0.293 e. The van der Waals surface area contributed by atoms with Gasteiger partial charge in [0.1, 0.15) is 5.69 Å². The van der Waals surface area contributed by atoms with E-state index in [1.807, 2.05) is 114 Å². The highest BCUT2D eigenvalue weighted by Crippen LogP contribution is 2.54. The van der Waals surface area contributed by atoms with Crippen LogP contribution in [0.5, 0.6) is 0 Å². The number of hydrogen-bond donors (Lipinski definition) is 0. The van der Waals surface area contributed by atoms with E-state index in [1.54, 1.807) is 18.2 Å². The first kappa shape index (κ1) is 28.3. The van der Waals surface area contributed by atoms with Gasteiger partial charge in [-0.15, -0.1) is 0 Å². The van der Waals surface area contributed by atoms with Gasteiger partial charge in [-0.2, -0.15) is 0 Å². The van der Waals surface area contributed by atoms with Crippen LogP contribution in [-0.2, 0) is 0 Å². The van der Waals surface area contributed by atoms with E-state index in [4.69, 9.17) is 26.6 Å². The number of rotatable bonds is 5. The minimum absolute atomic E-state index is 0.0307. The molecule has 2 heterocycles. The molecule has 0 radical (unpaired) electrons. The van der Waals surface area contributed by atoms with Crippen LogP contribution < -0.4 is 4.90 Å². The average molecular weight is 630 g/mol. The molecule has 0 unspecified atom stereocenters. The van der Waals surface area contributed by atoms with E-state index in [1.165, 1.54) is 6.07 Å². The molecule has 1 aliphatic heterocycles. The zero-order valence-electron chi connectivity index (χ0n) is 24.8. The number of fused-ring (bicyclic) bond motifs is 5. The monoisotopic (exact) mass is 629 g/mol. The summed E-state index contributed by atoms with van der Waals surface area (Å²) in [6.07, 6.45) is 0. The first-order valence-electron chi connectivity index (χ1n) is 15.0. The second-order valence-electron chi connectivity index (χ2n) is 11.0. The van der Waals surface area contributed by atoms with E-state index in [-0.39, 0.29) is 10.6 Å². The normalized spacial score (nSPS) is 11.6. The van der Waals surface area contributed by atoms with Crippen molar-refractivity contribution in [3.05, 3.63) is 161 Å². The maximum atomic E-state index is 12.3. The first-order chi connectivity index (χ1) is 23.1. The van der Waals surface area contributed by atoms with Gasteiger partial charge in [0.25, 0.3) is 5.69 Å². The fourth-order valence-electron chi connectivity index (χ4n) is 6.11. The smallest absolute Gasteiger partial charge is 0.293 e. The fraction of sp³-hybridized carbons (Fsp3) is 0. The van der Waals surface area contributed by atoms with Crippen molar-refractivity contribution < 1.29 is 4.92 Å². The molecule has 8 heteroatoms. The van der Waals surface area contributed by atoms with Crippen molar-refractivity contribution in [3.8, 4) is 56.4 Å². The van der Waals surface area contributed by atoms with Crippen LogP contribution >= 0.6 is 11.6 Å². The molecule has 0 aliphatic carbocycles. The highest BCUT2D eigenvalue weighted by Gasteiger charge is 2.31. The van der Waals surface area contributed by atoms with Crippen LogP contribution in [0.4, 0.5) is 22.7 Å². The van der Waals surface area contributed by atoms with Crippen LogP contribution in [0, 0.1) is 10.1 Å². The third kappa shape index (κ3) is 4.99. The molecule has 0 saturated carbocycles. The predicted octanol–water partition coefficient (Wildman–Crippen LogP) is 10.6. The minimum Gasteiger partial charge on any atom is -0.302 e. The molecule has 6 aromatic carbocycles. The predicted molar refractivity (Wildman–Crippen MR) is 187 cm³/mol. The summed E-state index contributed by atoms with van der Waals surface area (Å²) < 4.78 is 0. The van der Waals surface area contributed by atoms with Crippen molar-refractivity contribution in [2.24, 2.45) is 0 Å². The Morgan fingerprint density at radius 2 is 1.04 bits per heavy atom. The van der Waals surface area contributed by atoms with E-state index in [0.717, 1.165) is 44.6 Å². The largest absolute Gasteiger partial charge is 0.302 e. The Bertz CT molecular complexity index is 2250. The van der Waals surface area contributed by atoms with Crippen molar-refractivity contribution in [1.82, 2.24) is 15.0 Å². The van der Waals surface area contributed by atoms with Crippen molar-refractivity contribution in [3.63, 3.8) is 0 Å². The molecule has 0 N–H and O–H groups in total. The number of aromatic nitrogens is 3. The number of anilines is 3. The number of nitro groups is 1. The first-order valence-corrected chi connectivity index (χ1v) is 15.4. The zero-order chi connectivity index (χ0) is 31.9. The molecule has 47 heavy (non-hydrogen) atoms. The number of nitro benzene ring substituents is 1. The van der Waals surface area contributed by atoms with Crippen LogP contribution in [-0.4, -0.2) is 19.9 Å². The highest BCUT2D eigenvalue weighted by molar-refractivity contribution is 6.35. The summed E-state index contributed by atoms with van der Waals surface area (Å²) >= 11 is 6.96. The van der Waals surface area contributed by atoms with Crippen molar-refractivity contribution in [2.75, 3.05) is 4.90 Å². The Morgan fingerprint density at radius 3 is 1.68 bits per heavy atom. The van der Waals surface area contributed by atoms with Crippen LogP contribution in [0.25, 0.3) is 56.4 Å². The van der Waals surface area contributed by atoms with Gasteiger partial charge in [0, 0.05) is 33.9 Å². The number of halogens is 1. The molecule has 1 aliphatic rings. The van der Waals surface area contributed by atoms with Crippen LogP contribution in [0.15, 0.2) is 146 Å². The lowest BCUT2D eigenvalue weighted by Crippen LogP contribution is -2.13. The molecular weight excluding hydrogens is 606 g/mol. The quantitative estimate of drug-likeness (QED) is 0.139. The van der Waals surface area contributed by atoms with E-state index < -0.39 is 0 Å². The SMILES string of the molecule is O=[N+]([O-])c1ccccc1N1c2ccc(-c3nc(-c4ccccc4)nc(-c4ccccc4)n3)cc2-c2ccccc2-c2cccc(Cl)c21. The average Bonchev–Trinajstić information content (AvgIpc) is 3.25. The van der Waals surface area contributed by atoms with Crippen molar-refractivity contribution in [1.29, 1.82) is 0 Å². The number of para-hydroxylation sites is 3. The van der Waals surface area contributed by atoms with Gasteiger partial charge < -0.3 is 4.90 Å². The zero-order valence-corrected chi connectivity index (χ0v) is 25.5. The molecule has 0 fully saturated rings. The van der Waals surface area contributed by atoms with Gasteiger partial charge in [0.2, 0.25) is 0 Å². The Hall–Kier alpha value is -6.18. The number of benzene rings is 6. The van der Waals surface area contributed by atoms with Gasteiger partial charge in [-0.25, -0.2) is 15.0 Å².